The average Bonchev–Trinajstić information content (AvgIpc) is 2.79. The summed E-state index contributed by atoms with van der Waals surface area (Å²) in [5.41, 5.74) is 2.29. The summed E-state index contributed by atoms with van der Waals surface area (Å²) in [5, 5.41) is 8.58. The summed E-state index contributed by atoms with van der Waals surface area (Å²) >= 11 is 0. The number of carbonyl (C=O) groups is 3. The van der Waals surface area contributed by atoms with Gasteiger partial charge in [0.1, 0.15) is 0 Å². The first-order valence-corrected chi connectivity index (χ1v) is 10.2. The van der Waals surface area contributed by atoms with E-state index in [9.17, 15) is 14.4 Å². The van der Waals surface area contributed by atoms with Crippen molar-refractivity contribution in [1.29, 1.82) is 0 Å². The number of hydrogen-bond acceptors (Lipinski definition) is 6. The van der Waals surface area contributed by atoms with E-state index in [2.05, 4.69) is 16.0 Å². The van der Waals surface area contributed by atoms with Gasteiger partial charge in [-0.15, -0.1) is 0 Å². The number of nitrogens with one attached hydrogen (secondary N) is 3. The number of carbonyl (C=O) groups excluding carboxylic acids is 3. The van der Waals surface area contributed by atoms with Crippen molar-refractivity contribution in [3.8, 4) is 0 Å². The lowest BCUT2D eigenvalue weighted by Crippen LogP contribution is -2.25. The Labute approximate surface area is 182 Å². The third kappa shape index (κ3) is 8.47. The van der Waals surface area contributed by atoms with E-state index in [1.165, 1.54) is 0 Å². The lowest BCUT2D eigenvalue weighted by molar-refractivity contribution is -0.114. The highest BCUT2D eigenvalue weighted by Gasteiger charge is 2.08. The summed E-state index contributed by atoms with van der Waals surface area (Å²) in [4.78, 5) is 36.0. The van der Waals surface area contributed by atoms with Gasteiger partial charge >= 0.3 is 5.97 Å². The molecule has 0 bridgehead atoms. The first-order chi connectivity index (χ1) is 15.0. The molecule has 2 aromatic rings. The van der Waals surface area contributed by atoms with Crippen LogP contribution in [0.15, 0.2) is 48.5 Å². The van der Waals surface area contributed by atoms with E-state index in [0.29, 0.717) is 36.6 Å². The Bertz CT molecular complexity index is 851. The predicted molar refractivity (Wildman–Crippen MR) is 119 cm³/mol. The molecule has 0 aliphatic rings. The second kappa shape index (κ2) is 13.0. The third-order valence-corrected chi connectivity index (χ3v) is 4.25. The molecule has 2 aromatic carbocycles. The highest BCUT2D eigenvalue weighted by molar-refractivity contribution is 5.96. The molecular weight excluding hydrogens is 398 g/mol. The van der Waals surface area contributed by atoms with Gasteiger partial charge in [-0.1, -0.05) is 6.92 Å². The van der Waals surface area contributed by atoms with Crippen molar-refractivity contribution in [2.75, 3.05) is 44.0 Å². The van der Waals surface area contributed by atoms with Crippen molar-refractivity contribution in [2.24, 2.45) is 0 Å². The summed E-state index contributed by atoms with van der Waals surface area (Å²) in [6, 6.07) is 13.4. The quantitative estimate of drug-likeness (QED) is 0.355. The Hall–Kier alpha value is -3.39. The molecule has 2 rings (SSSR count). The number of ether oxygens (including phenoxy) is 2. The second-order valence-corrected chi connectivity index (χ2v) is 6.79. The van der Waals surface area contributed by atoms with E-state index < -0.39 is 0 Å². The van der Waals surface area contributed by atoms with Gasteiger partial charge in [0.05, 0.1) is 18.7 Å². The van der Waals surface area contributed by atoms with Gasteiger partial charge in [0.15, 0.2) is 0 Å². The van der Waals surface area contributed by atoms with Crippen molar-refractivity contribution in [3.63, 3.8) is 0 Å². The Morgan fingerprint density at radius 1 is 0.871 bits per heavy atom. The number of anilines is 2. The molecule has 0 unspecified atom stereocenters. The Balaban J connectivity index is 1.77. The maximum absolute atomic E-state index is 12.2. The summed E-state index contributed by atoms with van der Waals surface area (Å²) in [5.74, 6) is -0.766. The smallest absolute Gasteiger partial charge is 0.338 e. The number of hydrogen-bond donors (Lipinski definition) is 3. The molecule has 0 aromatic heterocycles. The van der Waals surface area contributed by atoms with Gasteiger partial charge in [-0.3, -0.25) is 9.59 Å². The molecule has 0 saturated carbocycles. The highest BCUT2D eigenvalue weighted by atomic mass is 16.5. The summed E-state index contributed by atoms with van der Waals surface area (Å²) < 4.78 is 10.0. The largest absolute Gasteiger partial charge is 0.462 e. The van der Waals surface area contributed by atoms with Crippen LogP contribution in [0.1, 0.15) is 40.5 Å². The Morgan fingerprint density at radius 3 is 2.16 bits per heavy atom. The van der Waals surface area contributed by atoms with Crippen LogP contribution in [0.2, 0.25) is 0 Å². The lowest BCUT2D eigenvalue weighted by Gasteiger charge is -2.09. The molecule has 166 valence electrons. The highest BCUT2D eigenvalue weighted by Crippen LogP contribution is 2.12. The molecule has 0 fully saturated rings. The van der Waals surface area contributed by atoms with E-state index in [0.717, 1.165) is 18.5 Å². The zero-order valence-electron chi connectivity index (χ0n) is 17.9. The molecule has 0 atom stereocenters. The standard InChI is InChI=1S/C23H29N3O5/c1-3-14-31-23(29)18-7-11-20(12-8-18)26-21(27)16-25-19-9-5-17(6-10-19)22(28)24-13-4-15-30-2/h5-12,25H,3-4,13-16H2,1-2H3,(H,24,28)(H,26,27). The van der Waals surface area contributed by atoms with Crippen LogP contribution in [0.3, 0.4) is 0 Å². The summed E-state index contributed by atoms with van der Waals surface area (Å²) in [6.07, 6.45) is 1.51. The van der Waals surface area contributed by atoms with Gasteiger partial charge in [-0.2, -0.15) is 0 Å². The lowest BCUT2D eigenvalue weighted by atomic mass is 10.2. The van der Waals surface area contributed by atoms with Crippen molar-refractivity contribution >= 4 is 29.2 Å². The molecule has 0 aliphatic carbocycles. The molecule has 2 amide bonds. The number of esters is 1. The minimum atomic E-state index is -0.381. The molecule has 0 aliphatic heterocycles. The number of benzene rings is 2. The maximum atomic E-state index is 12.2. The molecule has 0 saturated heterocycles. The van der Waals surface area contributed by atoms with Crippen molar-refractivity contribution in [1.82, 2.24) is 5.32 Å². The van der Waals surface area contributed by atoms with E-state index in [4.69, 9.17) is 9.47 Å². The van der Waals surface area contributed by atoms with Crippen LogP contribution in [0.25, 0.3) is 0 Å². The van der Waals surface area contributed by atoms with Gasteiger partial charge in [0.25, 0.3) is 5.91 Å². The Morgan fingerprint density at radius 2 is 1.52 bits per heavy atom. The van der Waals surface area contributed by atoms with Crippen LogP contribution in [0.4, 0.5) is 11.4 Å². The van der Waals surface area contributed by atoms with Gasteiger partial charge in [-0.25, -0.2) is 4.79 Å². The minimum Gasteiger partial charge on any atom is -0.462 e. The van der Waals surface area contributed by atoms with Crippen molar-refractivity contribution in [3.05, 3.63) is 59.7 Å². The van der Waals surface area contributed by atoms with Crippen LogP contribution in [0.5, 0.6) is 0 Å². The van der Waals surface area contributed by atoms with E-state index in [1.54, 1.807) is 55.6 Å². The monoisotopic (exact) mass is 427 g/mol. The van der Waals surface area contributed by atoms with Gasteiger partial charge in [0.2, 0.25) is 5.91 Å². The SMILES string of the molecule is CCCOC(=O)c1ccc(NC(=O)CNc2ccc(C(=O)NCCCOC)cc2)cc1. The number of rotatable bonds is 12. The molecule has 8 heteroatoms. The minimum absolute atomic E-state index is 0.0584. The predicted octanol–water partition coefficient (Wildman–Crippen LogP) is 3.07. The molecule has 31 heavy (non-hydrogen) atoms. The van der Waals surface area contributed by atoms with Crippen molar-refractivity contribution < 1.29 is 23.9 Å². The molecule has 3 N–H and O–H groups in total. The fraction of sp³-hybridized carbons (Fsp3) is 0.348. The second-order valence-electron chi connectivity index (χ2n) is 6.79. The molecule has 8 nitrogen and oxygen atoms in total. The zero-order valence-corrected chi connectivity index (χ0v) is 17.9. The first kappa shape index (κ1) is 23.9. The molecular formula is C23H29N3O5. The molecule has 0 radical (unpaired) electrons. The topological polar surface area (TPSA) is 106 Å². The van der Waals surface area contributed by atoms with E-state index in [-0.39, 0.29) is 24.3 Å². The molecule has 0 spiro atoms. The van der Waals surface area contributed by atoms with Gasteiger partial charge in [-0.05, 0) is 61.4 Å². The van der Waals surface area contributed by atoms with Crippen LogP contribution >= 0.6 is 0 Å². The van der Waals surface area contributed by atoms with Crippen LogP contribution in [-0.2, 0) is 14.3 Å². The normalized spacial score (nSPS) is 10.3. The van der Waals surface area contributed by atoms with Crippen molar-refractivity contribution in [2.45, 2.75) is 19.8 Å². The van der Waals surface area contributed by atoms with E-state index >= 15 is 0 Å². The number of amides is 2. The zero-order chi connectivity index (χ0) is 22.5. The molecule has 0 heterocycles. The maximum Gasteiger partial charge on any atom is 0.338 e. The fourth-order valence-electron chi connectivity index (χ4n) is 2.62. The number of methoxy groups -OCH3 is 1. The summed E-state index contributed by atoms with van der Waals surface area (Å²) in [6.45, 7) is 3.51. The fourth-order valence-corrected chi connectivity index (χ4v) is 2.62. The van der Waals surface area contributed by atoms with Gasteiger partial charge < -0.3 is 25.4 Å². The summed E-state index contributed by atoms with van der Waals surface area (Å²) in [7, 11) is 1.62. The average molecular weight is 428 g/mol. The van der Waals surface area contributed by atoms with Gasteiger partial charge in [0, 0.05) is 37.2 Å². The first-order valence-electron chi connectivity index (χ1n) is 10.2. The van der Waals surface area contributed by atoms with E-state index in [1.807, 2.05) is 6.92 Å². The third-order valence-electron chi connectivity index (χ3n) is 4.25. The Kier molecular flexibility index (Phi) is 10.0. The van der Waals surface area contributed by atoms with Crippen LogP contribution < -0.4 is 16.0 Å². The van der Waals surface area contributed by atoms with Crippen LogP contribution in [-0.4, -0.2) is 51.2 Å². The van der Waals surface area contributed by atoms with Crippen LogP contribution in [0, 0.1) is 0 Å².